The van der Waals surface area contributed by atoms with Gasteiger partial charge in [0, 0.05) is 0 Å². The SMILES string of the molecule is Cc1cc(C)cc(-n2ncc(C(N)=S)c2C(F)(F)F)c1. The Kier molecular flexibility index (Phi) is 3.56. The molecule has 0 spiro atoms. The monoisotopic (exact) mass is 299 g/mol. The summed E-state index contributed by atoms with van der Waals surface area (Å²) in [4.78, 5) is -0.326. The molecule has 2 aromatic rings. The predicted octanol–water partition coefficient (Wildman–Crippen LogP) is 3.14. The van der Waals surface area contributed by atoms with Gasteiger partial charge in [0.15, 0.2) is 5.69 Å². The van der Waals surface area contributed by atoms with Gasteiger partial charge in [-0.2, -0.15) is 18.3 Å². The summed E-state index contributed by atoms with van der Waals surface area (Å²) in [5.74, 6) is 0. The van der Waals surface area contributed by atoms with Crippen LogP contribution in [0.2, 0.25) is 0 Å². The minimum atomic E-state index is -4.59. The summed E-state index contributed by atoms with van der Waals surface area (Å²) in [6.07, 6.45) is -3.55. The first kappa shape index (κ1) is 14.5. The second kappa shape index (κ2) is 4.90. The predicted molar refractivity (Wildman–Crippen MR) is 73.9 cm³/mol. The van der Waals surface area contributed by atoms with E-state index in [9.17, 15) is 13.2 Å². The first-order chi connectivity index (χ1) is 9.20. The van der Waals surface area contributed by atoms with Crippen LogP contribution in [0.3, 0.4) is 0 Å². The zero-order valence-electron chi connectivity index (χ0n) is 10.8. The zero-order chi connectivity index (χ0) is 15.1. The highest BCUT2D eigenvalue weighted by Crippen LogP contribution is 2.33. The second-order valence-corrected chi connectivity index (χ2v) is 4.97. The van der Waals surface area contributed by atoms with Crippen molar-refractivity contribution < 1.29 is 13.2 Å². The number of benzene rings is 1. The van der Waals surface area contributed by atoms with Crippen LogP contribution in [-0.2, 0) is 6.18 Å². The summed E-state index contributed by atoms with van der Waals surface area (Å²) in [6, 6.07) is 5.12. The first-order valence-electron chi connectivity index (χ1n) is 5.74. The molecule has 0 radical (unpaired) electrons. The number of thiocarbonyl (C=S) groups is 1. The molecule has 1 aromatic carbocycles. The second-order valence-electron chi connectivity index (χ2n) is 4.53. The maximum Gasteiger partial charge on any atom is 0.434 e. The van der Waals surface area contributed by atoms with Crippen LogP contribution in [-0.4, -0.2) is 14.8 Å². The summed E-state index contributed by atoms with van der Waals surface area (Å²) >= 11 is 4.66. The van der Waals surface area contributed by atoms with E-state index in [2.05, 4.69) is 17.3 Å². The van der Waals surface area contributed by atoms with Crippen LogP contribution in [0.25, 0.3) is 5.69 Å². The smallest absolute Gasteiger partial charge is 0.389 e. The number of nitrogens with two attached hydrogens (primary N) is 1. The lowest BCUT2D eigenvalue weighted by molar-refractivity contribution is -0.142. The molecule has 1 heterocycles. The van der Waals surface area contributed by atoms with Crippen molar-refractivity contribution in [2.75, 3.05) is 0 Å². The Morgan fingerprint density at radius 3 is 2.20 bits per heavy atom. The van der Waals surface area contributed by atoms with Crippen molar-refractivity contribution in [1.82, 2.24) is 9.78 Å². The summed E-state index contributed by atoms with van der Waals surface area (Å²) in [5.41, 5.74) is 6.15. The van der Waals surface area contributed by atoms with Crippen LogP contribution in [0, 0.1) is 13.8 Å². The van der Waals surface area contributed by atoms with Gasteiger partial charge in [-0.3, -0.25) is 0 Å². The van der Waals surface area contributed by atoms with Gasteiger partial charge in [0.05, 0.1) is 17.4 Å². The van der Waals surface area contributed by atoms with Gasteiger partial charge >= 0.3 is 6.18 Å². The topological polar surface area (TPSA) is 43.8 Å². The fourth-order valence-corrected chi connectivity index (χ4v) is 2.22. The van der Waals surface area contributed by atoms with Crippen LogP contribution in [0.15, 0.2) is 24.4 Å². The lowest BCUT2D eigenvalue weighted by atomic mass is 10.1. The van der Waals surface area contributed by atoms with Crippen molar-refractivity contribution in [3.63, 3.8) is 0 Å². The number of aromatic nitrogens is 2. The highest BCUT2D eigenvalue weighted by Gasteiger charge is 2.39. The van der Waals surface area contributed by atoms with Crippen LogP contribution in [0.1, 0.15) is 22.4 Å². The number of aryl methyl sites for hydroxylation is 2. The molecule has 0 fully saturated rings. The van der Waals surface area contributed by atoms with E-state index in [1.54, 1.807) is 12.1 Å². The molecule has 0 bridgehead atoms. The Hall–Kier alpha value is -1.89. The van der Waals surface area contributed by atoms with E-state index < -0.39 is 11.9 Å². The van der Waals surface area contributed by atoms with E-state index in [0.717, 1.165) is 22.0 Å². The number of hydrogen-bond donors (Lipinski definition) is 1. The highest BCUT2D eigenvalue weighted by atomic mass is 32.1. The fourth-order valence-electron chi connectivity index (χ4n) is 2.07. The normalized spacial score (nSPS) is 11.7. The van der Waals surface area contributed by atoms with Gasteiger partial charge in [-0.1, -0.05) is 18.3 Å². The third-order valence-corrected chi connectivity index (χ3v) is 2.97. The first-order valence-corrected chi connectivity index (χ1v) is 6.14. The Bertz CT molecular complexity index is 654. The largest absolute Gasteiger partial charge is 0.434 e. The molecule has 7 heteroatoms. The maximum atomic E-state index is 13.2. The van der Waals surface area contributed by atoms with Gasteiger partial charge in [-0.05, 0) is 37.1 Å². The number of halogens is 3. The van der Waals surface area contributed by atoms with E-state index in [1.807, 2.05) is 19.9 Å². The van der Waals surface area contributed by atoms with Crippen molar-refractivity contribution in [3.8, 4) is 5.69 Å². The Labute approximate surface area is 119 Å². The summed E-state index contributed by atoms with van der Waals surface area (Å²) in [6.45, 7) is 3.61. The molecule has 0 atom stereocenters. The molecule has 2 rings (SSSR count). The van der Waals surface area contributed by atoms with E-state index in [-0.39, 0.29) is 10.6 Å². The molecular weight excluding hydrogens is 287 g/mol. The number of rotatable bonds is 2. The molecule has 1 aromatic heterocycles. The van der Waals surface area contributed by atoms with Crippen molar-refractivity contribution >= 4 is 17.2 Å². The fraction of sp³-hybridized carbons (Fsp3) is 0.231. The van der Waals surface area contributed by atoms with Crippen LogP contribution >= 0.6 is 12.2 Å². The molecule has 0 aliphatic rings. The third kappa shape index (κ3) is 2.67. The minimum Gasteiger partial charge on any atom is -0.389 e. The van der Waals surface area contributed by atoms with Gasteiger partial charge in [0.1, 0.15) is 4.99 Å². The third-order valence-electron chi connectivity index (χ3n) is 2.75. The Balaban J connectivity index is 2.72. The number of nitrogens with zero attached hydrogens (tertiary/aromatic N) is 2. The maximum absolute atomic E-state index is 13.2. The van der Waals surface area contributed by atoms with Crippen molar-refractivity contribution in [2.45, 2.75) is 20.0 Å². The molecule has 0 amide bonds. The zero-order valence-corrected chi connectivity index (χ0v) is 11.6. The summed E-state index contributed by atoms with van der Waals surface area (Å²) in [5, 5.41) is 3.79. The van der Waals surface area contributed by atoms with E-state index in [0.29, 0.717) is 5.69 Å². The van der Waals surface area contributed by atoms with Gasteiger partial charge in [0.25, 0.3) is 0 Å². The molecule has 20 heavy (non-hydrogen) atoms. The molecule has 2 N–H and O–H groups in total. The van der Waals surface area contributed by atoms with E-state index in [4.69, 9.17) is 5.73 Å². The molecule has 0 unspecified atom stereocenters. The lowest BCUT2D eigenvalue weighted by Crippen LogP contribution is -2.20. The highest BCUT2D eigenvalue weighted by molar-refractivity contribution is 7.80. The minimum absolute atomic E-state index is 0.272. The Morgan fingerprint density at radius 1 is 1.20 bits per heavy atom. The summed E-state index contributed by atoms with van der Waals surface area (Å²) < 4.78 is 40.5. The quantitative estimate of drug-likeness (QED) is 0.866. The van der Waals surface area contributed by atoms with Crippen LogP contribution < -0.4 is 5.73 Å². The van der Waals surface area contributed by atoms with Gasteiger partial charge < -0.3 is 5.73 Å². The lowest BCUT2D eigenvalue weighted by Gasteiger charge is -2.13. The molecule has 0 aliphatic carbocycles. The van der Waals surface area contributed by atoms with Gasteiger partial charge in [0.2, 0.25) is 0 Å². The average molecular weight is 299 g/mol. The van der Waals surface area contributed by atoms with E-state index in [1.165, 1.54) is 0 Å². The van der Waals surface area contributed by atoms with Gasteiger partial charge in [-0.25, -0.2) is 4.68 Å². The van der Waals surface area contributed by atoms with Crippen molar-refractivity contribution in [3.05, 3.63) is 46.8 Å². The van der Waals surface area contributed by atoms with E-state index >= 15 is 0 Å². The number of hydrogen-bond acceptors (Lipinski definition) is 2. The summed E-state index contributed by atoms with van der Waals surface area (Å²) in [7, 11) is 0. The van der Waals surface area contributed by atoms with Gasteiger partial charge in [-0.15, -0.1) is 0 Å². The van der Waals surface area contributed by atoms with Crippen molar-refractivity contribution in [1.29, 1.82) is 0 Å². The van der Waals surface area contributed by atoms with Crippen LogP contribution in [0.4, 0.5) is 13.2 Å². The van der Waals surface area contributed by atoms with Crippen LogP contribution in [0.5, 0.6) is 0 Å². The average Bonchev–Trinajstić information content (AvgIpc) is 2.71. The molecule has 3 nitrogen and oxygen atoms in total. The molecular formula is C13H12F3N3S. The molecule has 0 saturated heterocycles. The molecule has 106 valence electrons. The number of alkyl halides is 3. The van der Waals surface area contributed by atoms with Crippen molar-refractivity contribution in [2.24, 2.45) is 5.73 Å². The standard InChI is InChI=1S/C13H12F3N3S/c1-7-3-8(2)5-9(4-7)19-11(13(14,15)16)10(6-18-19)12(17)20/h3-6H,1-2H3,(H2,17,20). The molecule has 0 aliphatic heterocycles. The Morgan fingerprint density at radius 2 is 1.75 bits per heavy atom. The molecule has 0 saturated carbocycles.